The fourth-order valence-corrected chi connectivity index (χ4v) is 9.91. The lowest BCUT2D eigenvalue weighted by atomic mass is 9.42. The third kappa shape index (κ3) is 3.80. The number of hydrogen-bond acceptors (Lipinski definition) is 9. The Bertz CT molecular complexity index is 985. The van der Waals surface area contributed by atoms with E-state index in [0.717, 1.165) is 44.1 Å². The van der Waals surface area contributed by atoms with Gasteiger partial charge in [-0.1, -0.05) is 13.8 Å². The van der Waals surface area contributed by atoms with Crippen LogP contribution in [0.15, 0.2) is 11.6 Å². The molecule has 38 heavy (non-hydrogen) atoms. The van der Waals surface area contributed by atoms with Crippen LogP contribution in [0.4, 0.5) is 0 Å². The van der Waals surface area contributed by atoms with Gasteiger partial charge in [-0.15, -0.1) is 0 Å². The average molecular weight is 537 g/mol. The highest BCUT2D eigenvalue weighted by Crippen LogP contribution is 2.70. The number of carbonyl (C=O) groups excluding carboxylic acids is 1. The summed E-state index contributed by atoms with van der Waals surface area (Å²) in [5.74, 6) is -0.0314. The Morgan fingerprint density at radius 2 is 1.76 bits per heavy atom. The molecule has 6 aliphatic rings. The van der Waals surface area contributed by atoms with E-state index < -0.39 is 47.8 Å². The van der Waals surface area contributed by atoms with Crippen molar-refractivity contribution in [1.29, 1.82) is 0 Å². The van der Waals surface area contributed by atoms with E-state index in [1.807, 2.05) is 0 Å². The molecular formula is C29H44O9. The van der Waals surface area contributed by atoms with E-state index in [1.165, 1.54) is 0 Å². The summed E-state index contributed by atoms with van der Waals surface area (Å²) in [6.45, 7) is 6.32. The molecule has 0 aromatic rings. The summed E-state index contributed by atoms with van der Waals surface area (Å²) in [5, 5.41) is 54.7. The molecular weight excluding hydrogens is 492 g/mol. The average Bonchev–Trinajstić information content (AvgIpc) is 3.41. The molecule has 0 bridgehead atoms. The molecule has 4 aliphatic carbocycles. The van der Waals surface area contributed by atoms with Crippen molar-refractivity contribution < 1.29 is 44.5 Å². The zero-order chi connectivity index (χ0) is 27.2. The zero-order valence-electron chi connectivity index (χ0n) is 22.7. The number of hydrogen-bond donors (Lipinski definition) is 5. The summed E-state index contributed by atoms with van der Waals surface area (Å²) in [4.78, 5) is 11.8. The zero-order valence-corrected chi connectivity index (χ0v) is 22.7. The molecule has 0 amide bonds. The highest BCUT2D eigenvalue weighted by Gasteiger charge is 2.70. The fraction of sp³-hybridized carbons (Fsp3) is 0.897. The number of ether oxygens (including phenoxy) is 3. The first-order chi connectivity index (χ1) is 17.9. The van der Waals surface area contributed by atoms with Crippen LogP contribution < -0.4 is 0 Å². The van der Waals surface area contributed by atoms with E-state index in [0.29, 0.717) is 18.8 Å². The Hall–Kier alpha value is -1.07. The minimum Gasteiger partial charge on any atom is -0.458 e. The molecule has 0 aromatic carbocycles. The van der Waals surface area contributed by atoms with Crippen LogP contribution >= 0.6 is 0 Å². The van der Waals surface area contributed by atoms with Gasteiger partial charge in [-0.3, -0.25) is 0 Å². The number of cyclic esters (lactones) is 1. The van der Waals surface area contributed by atoms with Gasteiger partial charge in [0.15, 0.2) is 6.29 Å². The molecule has 5 fully saturated rings. The summed E-state index contributed by atoms with van der Waals surface area (Å²) in [7, 11) is 0. The van der Waals surface area contributed by atoms with E-state index in [-0.39, 0.29) is 41.8 Å². The topological polar surface area (TPSA) is 146 Å². The smallest absolute Gasteiger partial charge is 0.331 e. The van der Waals surface area contributed by atoms with Crippen molar-refractivity contribution in [2.75, 3.05) is 6.61 Å². The highest BCUT2D eigenvalue weighted by molar-refractivity contribution is 5.85. The third-order valence-electron chi connectivity index (χ3n) is 12.0. The molecule has 1 saturated heterocycles. The van der Waals surface area contributed by atoms with E-state index >= 15 is 0 Å². The van der Waals surface area contributed by atoms with Gasteiger partial charge in [0.1, 0.15) is 24.9 Å². The lowest BCUT2D eigenvalue weighted by molar-refractivity contribution is -0.311. The number of esters is 1. The highest BCUT2D eigenvalue weighted by atomic mass is 16.7. The van der Waals surface area contributed by atoms with E-state index in [1.54, 1.807) is 13.0 Å². The second kappa shape index (κ2) is 9.23. The summed E-state index contributed by atoms with van der Waals surface area (Å²) in [6.07, 6.45) is 1.49. The SMILES string of the molecule is C[C@@H]1O[C@@H](O[C@H]2CC[C@@]3(C)[C@@H](CC[C@@H]4[C@@H]3[C@@H](O)C[C@]3(C)[C@@H](C5=CC(=O)OC5)CC[C@]43O)C2)[C@H](O)[C@H](O)[C@H]1O. The lowest BCUT2D eigenvalue weighted by Crippen LogP contribution is -2.66. The Morgan fingerprint density at radius 1 is 1.00 bits per heavy atom. The van der Waals surface area contributed by atoms with Crippen LogP contribution in [0.2, 0.25) is 0 Å². The third-order valence-corrected chi connectivity index (χ3v) is 12.0. The number of aliphatic hydroxyl groups is 5. The fourth-order valence-electron chi connectivity index (χ4n) is 9.91. The van der Waals surface area contributed by atoms with Crippen LogP contribution in [0.5, 0.6) is 0 Å². The number of carbonyl (C=O) groups is 1. The second-order valence-electron chi connectivity index (χ2n) is 13.7. The van der Waals surface area contributed by atoms with Crippen LogP contribution in [-0.4, -0.2) is 86.6 Å². The minimum atomic E-state index is -1.32. The standard InChI is InChI=1S/C29H44O9/c1-14-23(32)24(33)25(34)26(37-14)38-17-6-8-27(2)16(11-17)4-5-19-22(27)20(30)12-28(3)18(7-9-29(19,28)35)15-10-21(31)36-13-15/h10,14,16-20,22-26,30,32-35H,4-9,11-13H2,1-3H3/t14-,16-,17-,18+,19+,20-,22+,23-,24+,25+,26-,27-,28+,29-/m0/s1. The van der Waals surface area contributed by atoms with Crippen molar-refractivity contribution in [2.45, 2.75) is 121 Å². The number of aliphatic hydroxyl groups excluding tert-OH is 4. The van der Waals surface area contributed by atoms with Gasteiger partial charge in [0.25, 0.3) is 0 Å². The largest absolute Gasteiger partial charge is 0.458 e. The minimum absolute atomic E-state index is 0.0143. The van der Waals surface area contributed by atoms with Crippen LogP contribution in [0, 0.1) is 34.5 Å². The molecule has 9 nitrogen and oxygen atoms in total. The summed E-state index contributed by atoms with van der Waals surface area (Å²) >= 11 is 0. The normalized spacial score (nSPS) is 56.5. The summed E-state index contributed by atoms with van der Waals surface area (Å²) in [6, 6.07) is 0. The first kappa shape index (κ1) is 27.1. The predicted molar refractivity (Wildman–Crippen MR) is 134 cm³/mol. The monoisotopic (exact) mass is 536 g/mol. The van der Waals surface area contributed by atoms with Gasteiger partial charge in [-0.2, -0.15) is 0 Å². The van der Waals surface area contributed by atoms with Crippen molar-refractivity contribution in [3.8, 4) is 0 Å². The number of fused-ring (bicyclic) bond motifs is 5. The Kier molecular flexibility index (Phi) is 6.58. The molecule has 5 N–H and O–H groups in total. The molecule has 0 unspecified atom stereocenters. The van der Waals surface area contributed by atoms with Crippen LogP contribution in [0.1, 0.15) is 72.1 Å². The van der Waals surface area contributed by atoms with Crippen LogP contribution in [0.3, 0.4) is 0 Å². The summed E-state index contributed by atoms with van der Waals surface area (Å²) in [5.41, 5.74) is -0.607. The molecule has 6 rings (SSSR count). The molecule has 14 atom stereocenters. The van der Waals surface area contributed by atoms with Gasteiger partial charge < -0.3 is 39.7 Å². The molecule has 2 heterocycles. The van der Waals surface area contributed by atoms with Gasteiger partial charge in [0, 0.05) is 11.5 Å². The van der Waals surface area contributed by atoms with Crippen molar-refractivity contribution >= 4 is 5.97 Å². The van der Waals surface area contributed by atoms with Crippen LogP contribution in [0.25, 0.3) is 0 Å². The first-order valence-corrected chi connectivity index (χ1v) is 14.5. The second-order valence-corrected chi connectivity index (χ2v) is 13.7. The Labute approximate surface area is 224 Å². The van der Waals surface area contributed by atoms with Gasteiger partial charge in [0.2, 0.25) is 0 Å². The number of rotatable bonds is 3. The van der Waals surface area contributed by atoms with Crippen molar-refractivity contribution in [2.24, 2.45) is 34.5 Å². The predicted octanol–water partition coefficient (Wildman–Crippen LogP) is 1.43. The van der Waals surface area contributed by atoms with Gasteiger partial charge in [-0.25, -0.2) is 4.79 Å². The molecule has 0 aromatic heterocycles. The van der Waals surface area contributed by atoms with E-state index in [9.17, 15) is 30.3 Å². The first-order valence-electron chi connectivity index (χ1n) is 14.5. The molecule has 4 saturated carbocycles. The lowest BCUT2D eigenvalue weighted by Gasteiger charge is -2.65. The molecule has 0 radical (unpaired) electrons. The quantitative estimate of drug-likeness (QED) is 0.267. The summed E-state index contributed by atoms with van der Waals surface area (Å²) < 4.78 is 17.1. The molecule has 214 valence electrons. The maximum Gasteiger partial charge on any atom is 0.331 e. The van der Waals surface area contributed by atoms with E-state index in [2.05, 4.69) is 13.8 Å². The Morgan fingerprint density at radius 3 is 2.47 bits per heavy atom. The van der Waals surface area contributed by atoms with Crippen molar-refractivity contribution in [3.05, 3.63) is 11.6 Å². The van der Waals surface area contributed by atoms with Crippen molar-refractivity contribution in [1.82, 2.24) is 0 Å². The maximum atomic E-state index is 12.4. The Balaban J connectivity index is 1.19. The van der Waals surface area contributed by atoms with Crippen molar-refractivity contribution in [3.63, 3.8) is 0 Å². The molecule has 0 spiro atoms. The molecule has 2 aliphatic heterocycles. The maximum absolute atomic E-state index is 12.4. The van der Waals surface area contributed by atoms with Gasteiger partial charge in [0.05, 0.1) is 23.9 Å². The van der Waals surface area contributed by atoms with Crippen LogP contribution in [-0.2, 0) is 19.0 Å². The van der Waals surface area contributed by atoms with E-state index in [4.69, 9.17) is 14.2 Å². The molecule has 9 heteroatoms. The van der Waals surface area contributed by atoms with Gasteiger partial charge in [-0.05, 0) is 93.0 Å². The van der Waals surface area contributed by atoms with Gasteiger partial charge >= 0.3 is 5.97 Å².